The van der Waals surface area contributed by atoms with Gasteiger partial charge in [-0.3, -0.25) is 0 Å². The number of nitrogens with two attached hydrogens (primary N) is 1. The first-order valence-electron chi connectivity index (χ1n) is 13.5. The second kappa shape index (κ2) is 12.9. The number of aliphatic hydroxyl groups excluding tert-OH is 1. The van der Waals surface area contributed by atoms with Crippen LogP contribution in [0.1, 0.15) is 88.2 Å². The zero-order chi connectivity index (χ0) is 23.6. The van der Waals surface area contributed by atoms with Gasteiger partial charge in [-0.1, -0.05) is 82.1 Å². The maximum absolute atomic E-state index is 9.96. The van der Waals surface area contributed by atoms with Gasteiger partial charge in [-0.15, -0.1) is 0 Å². The predicted octanol–water partition coefficient (Wildman–Crippen LogP) is 5.71. The molecule has 1 aromatic carbocycles. The molecule has 2 heterocycles. The van der Waals surface area contributed by atoms with Crippen molar-refractivity contribution >= 4 is 17.6 Å². The van der Waals surface area contributed by atoms with E-state index >= 15 is 0 Å². The summed E-state index contributed by atoms with van der Waals surface area (Å²) < 4.78 is 0. The maximum atomic E-state index is 9.96. The highest BCUT2D eigenvalue weighted by molar-refractivity contribution is 5.52. The number of anilines is 3. The number of piperidine rings is 1. The van der Waals surface area contributed by atoms with E-state index in [0.29, 0.717) is 24.9 Å². The van der Waals surface area contributed by atoms with Crippen LogP contribution in [0.3, 0.4) is 0 Å². The van der Waals surface area contributed by atoms with Gasteiger partial charge in [-0.05, 0) is 42.7 Å². The average Bonchev–Trinajstić information content (AvgIpc) is 2.86. The molecule has 2 aromatic rings. The van der Waals surface area contributed by atoms with Crippen LogP contribution in [0.15, 0.2) is 30.3 Å². The minimum Gasteiger partial charge on any atom is -0.391 e. The van der Waals surface area contributed by atoms with Crippen LogP contribution < -0.4 is 16.0 Å². The number of hydrogen-bond acceptors (Lipinski definition) is 6. The normalized spacial score (nSPS) is 19.3. The van der Waals surface area contributed by atoms with Crippen molar-refractivity contribution in [3.05, 3.63) is 41.5 Å². The molecule has 6 nitrogen and oxygen atoms in total. The standard InChI is InChI=1S/C28H43N5O/c29-26-19-27(33-18-8-13-25(34)21-33)32-28(31-26)30-20-24-16-14-23(15-17-24)12-5-2-1-4-9-22-10-6-3-7-11-22/h14-17,19,22,25,34H,1-13,18,20-21H2,(H3,29,30,31,32). The van der Waals surface area contributed by atoms with Crippen molar-refractivity contribution in [2.45, 2.75) is 96.1 Å². The molecule has 34 heavy (non-hydrogen) atoms. The van der Waals surface area contributed by atoms with E-state index in [1.165, 1.54) is 81.8 Å². The van der Waals surface area contributed by atoms with Crippen LogP contribution in [-0.4, -0.2) is 34.3 Å². The Bertz CT molecular complexity index is 866. The third kappa shape index (κ3) is 7.86. The molecule has 0 bridgehead atoms. The van der Waals surface area contributed by atoms with E-state index in [-0.39, 0.29) is 6.10 Å². The number of nitrogens with zero attached hydrogens (tertiary/aromatic N) is 3. The van der Waals surface area contributed by atoms with E-state index in [4.69, 9.17) is 5.73 Å². The molecule has 1 saturated heterocycles. The summed E-state index contributed by atoms with van der Waals surface area (Å²) in [4.78, 5) is 11.1. The molecule has 1 saturated carbocycles. The molecule has 6 heteroatoms. The minimum atomic E-state index is -0.304. The Morgan fingerprint density at radius 3 is 2.47 bits per heavy atom. The van der Waals surface area contributed by atoms with Crippen LogP contribution in [0.4, 0.5) is 17.6 Å². The lowest BCUT2D eigenvalue weighted by Gasteiger charge is -2.31. The van der Waals surface area contributed by atoms with Gasteiger partial charge in [-0.25, -0.2) is 0 Å². The van der Waals surface area contributed by atoms with E-state index in [0.717, 1.165) is 31.1 Å². The first-order valence-corrected chi connectivity index (χ1v) is 13.5. The lowest BCUT2D eigenvalue weighted by Crippen LogP contribution is -2.38. The second-order valence-electron chi connectivity index (χ2n) is 10.3. The summed E-state index contributed by atoms with van der Waals surface area (Å²) in [6, 6.07) is 10.7. The summed E-state index contributed by atoms with van der Waals surface area (Å²) >= 11 is 0. The molecular formula is C28H43N5O. The number of unbranched alkanes of at least 4 members (excludes halogenated alkanes) is 3. The van der Waals surface area contributed by atoms with Crippen molar-refractivity contribution in [3.63, 3.8) is 0 Å². The Hall–Kier alpha value is -2.34. The third-order valence-electron chi connectivity index (χ3n) is 7.48. The van der Waals surface area contributed by atoms with Crippen LogP contribution in [0.5, 0.6) is 0 Å². The smallest absolute Gasteiger partial charge is 0.226 e. The number of hydrogen-bond donors (Lipinski definition) is 3. The summed E-state index contributed by atoms with van der Waals surface area (Å²) in [5.74, 6) is 2.79. The summed E-state index contributed by atoms with van der Waals surface area (Å²) in [5.41, 5.74) is 8.65. The number of rotatable bonds is 11. The Morgan fingerprint density at radius 2 is 1.68 bits per heavy atom. The fraction of sp³-hybridized carbons (Fsp3) is 0.643. The minimum absolute atomic E-state index is 0.304. The largest absolute Gasteiger partial charge is 0.391 e. The van der Waals surface area contributed by atoms with Crippen LogP contribution in [0, 0.1) is 5.92 Å². The summed E-state index contributed by atoms with van der Waals surface area (Å²) in [5, 5.41) is 13.3. The SMILES string of the molecule is Nc1cc(N2CCCC(O)C2)nc(NCc2ccc(CCCCCCC3CCCCC3)cc2)n1. The fourth-order valence-corrected chi connectivity index (χ4v) is 5.45. The fourth-order valence-electron chi connectivity index (χ4n) is 5.45. The molecule has 0 radical (unpaired) electrons. The Kier molecular flexibility index (Phi) is 9.43. The highest BCUT2D eigenvalue weighted by Gasteiger charge is 2.20. The zero-order valence-electron chi connectivity index (χ0n) is 20.7. The number of aromatic nitrogens is 2. The molecule has 1 aliphatic carbocycles. The van der Waals surface area contributed by atoms with Crippen molar-refractivity contribution in [1.29, 1.82) is 0 Å². The van der Waals surface area contributed by atoms with E-state index in [1.54, 1.807) is 6.07 Å². The van der Waals surface area contributed by atoms with Crippen LogP contribution in [-0.2, 0) is 13.0 Å². The van der Waals surface area contributed by atoms with Crippen LogP contribution in [0.25, 0.3) is 0 Å². The van der Waals surface area contributed by atoms with Crippen molar-refractivity contribution in [1.82, 2.24) is 9.97 Å². The first kappa shape index (κ1) is 24.8. The zero-order valence-corrected chi connectivity index (χ0v) is 20.7. The number of β-amino-alcohol motifs (C(OH)–C–C–N with tert-alkyl or cyclic N) is 1. The van der Waals surface area contributed by atoms with Gasteiger partial charge < -0.3 is 21.1 Å². The maximum Gasteiger partial charge on any atom is 0.226 e. The average molecular weight is 466 g/mol. The molecule has 4 N–H and O–H groups in total. The number of aryl methyl sites for hydroxylation is 1. The lowest BCUT2D eigenvalue weighted by atomic mass is 9.85. The van der Waals surface area contributed by atoms with E-state index in [2.05, 4.69) is 44.5 Å². The van der Waals surface area contributed by atoms with Crippen LogP contribution in [0.2, 0.25) is 0 Å². The quantitative estimate of drug-likeness (QED) is 0.369. The molecule has 1 aromatic heterocycles. The van der Waals surface area contributed by atoms with Crippen molar-refractivity contribution < 1.29 is 5.11 Å². The highest BCUT2D eigenvalue weighted by atomic mass is 16.3. The molecule has 1 unspecified atom stereocenters. The third-order valence-corrected chi connectivity index (χ3v) is 7.48. The summed E-state index contributed by atoms with van der Waals surface area (Å²) in [6.07, 6.45) is 16.9. The van der Waals surface area contributed by atoms with E-state index in [1.807, 2.05) is 0 Å². The Balaban J connectivity index is 1.17. The molecular weight excluding hydrogens is 422 g/mol. The van der Waals surface area contributed by atoms with Gasteiger partial charge in [0.15, 0.2) is 0 Å². The van der Waals surface area contributed by atoms with Gasteiger partial charge in [0.25, 0.3) is 0 Å². The number of nitrogen functional groups attached to an aromatic ring is 1. The summed E-state index contributed by atoms with van der Waals surface area (Å²) in [6.45, 7) is 2.14. The number of nitrogens with one attached hydrogen (secondary N) is 1. The monoisotopic (exact) mass is 465 g/mol. The van der Waals surface area contributed by atoms with Gasteiger partial charge in [0.1, 0.15) is 11.6 Å². The van der Waals surface area contributed by atoms with Gasteiger partial charge >= 0.3 is 0 Å². The Labute approximate surface area is 205 Å². The molecule has 186 valence electrons. The van der Waals surface area contributed by atoms with Crippen molar-refractivity contribution in [3.8, 4) is 0 Å². The van der Waals surface area contributed by atoms with Gasteiger partial charge in [0, 0.05) is 25.7 Å². The predicted molar refractivity (Wildman–Crippen MR) is 141 cm³/mol. The van der Waals surface area contributed by atoms with E-state index < -0.39 is 0 Å². The molecule has 2 fully saturated rings. The second-order valence-corrected chi connectivity index (χ2v) is 10.3. The topological polar surface area (TPSA) is 87.3 Å². The lowest BCUT2D eigenvalue weighted by molar-refractivity contribution is 0.154. The number of aliphatic hydroxyl groups is 1. The Morgan fingerprint density at radius 1 is 0.912 bits per heavy atom. The van der Waals surface area contributed by atoms with Gasteiger partial charge in [0.05, 0.1) is 6.10 Å². The summed E-state index contributed by atoms with van der Waals surface area (Å²) in [7, 11) is 0. The van der Waals surface area contributed by atoms with Crippen LogP contribution >= 0.6 is 0 Å². The number of benzene rings is 1. The van der Waals surface area contributed by atoms with E-state index in [9.17, 15) is 5.11 Å². The molecule has 0 spiro atoms. The molecule has 2 aliphatic rings. The van der Waals surface area contributed by atoms with Crippen molar-refractivity contribution in [2.24, 2.45) is 5.92 Å². The van der Waals surface area contributed by atoms with Gasteiger partial charge in [-0.2, -0.15) is 9.97 Å². The first-order chi connectivity index (χ1) is 16.7. The molecule has 1 aliphatic heterocycles. The van der Waals surface area contributed by atoms with Gasteiger partial charge in [0.2, 0.25) is 5.95 Å². The molecule has 1 atom stereocenters. The van der Waals surface area contributed by atoms with Crippen molar-refractivity contribution in [2.75, 3.05) is 29.0 Å². The molecule has 0 amide bonds. The highest BCUT2D eigenvalue weighted by Crippen LogP contribution is 2.28. The molecule has 4 rings (SSSR count).